The van der Waals surface area contributed by atoms with Crippen LogP contribution in [0.4, 0.5) is 5.69 Å². The molecule has 4 heteroatoms. The van der Waals surface area contributed by atoms with Crippen LogP contribution >= 0.6 is 11.8 Å². The van der Waals surface area contributed by atoms with Gasteiger partial charge in [-0.1, -0.05) is 19.3 Å². The summed E-state index contributed by atoms with van der Waals surface area (Å²) in [6, 6.07) is 7.77. The van der Waals surface area contributed by atoms with Crippen LogP contribution in [0.25, 0.3) is 0 Å². The summed E-state index contributed by atoms with van der Waals surface area (Å²) in [6.07, 6.45) is 5.36. The smallest absolute Gasteiger partial charge is 0.221 e. The minimum atomic E-state index is -0.487. The third-order valence-electron chi connectivity index (χ3n) is 3.47. The molecule has 1 saturated carbocycles. The summed E-state index contributed by atoms with van der Waals surface area (Å²) in [7, 11) is 0. The molecule has 0 unspecified atom stereocenters. The average Bonchev–Trinajstić information content (AvgIpc) is 2.38. The van der Waals surface area contributed by atoms with Gasteiger partial charge in [-0.2, -0.15) is 0 Å². The molecule has 3 nitrogen and oxygen atoms in total. The van der Waals surface area contributed by atoms with Crippen LogP contribution in [0, 0.1) is 0 Å². The molecule has 104 valence electrons. The van der Waals surface area contributed by atoms with E-state index < -0.39 is 5.60 Å². The molecule has 2 N–H and O–H groups in total. The van der Waals surface area contributed by atoms with Gasteiger partial charge in [0.2, 0.25) is 5.91 Å². The summed E-state index contributed by atoms with van der Waals surface area (Å²) in [4.78, 5) is 12.1. The maximum absolute atomic E-state index is 10.9. The van der Waals surface area contributed by atoms with Crippen molar-refractivity contribution in [3.63, 3.8) is 0 Å². The molecule has 0 aromatic heterocycles. The maximum atomic E-state index is 10.9. The number of carbonyl (C=O) groups excluding carboxylic acids is 1. The number of carbonyl (C=O) groups is 1. The van der Waals surface area contributed by atoms with Gasteiger partial charge in [-0.25, -0.2) is 0 Å². The number of amides is 1. The van der Waals surface area contributed by atoms with Gasteiger partial charge in [0.15, 0.2) is 0 Å². The van der Waals surface area contributed by atoms with E-state index >= 15 is 0 Å². The van der Waals surface area contributed by atoms with Crippen LogP contribution in [0.3, 0.4) is 0 Å². The highest BCUT2D eigenvalue weighted by Gasteiger charge is 2.28. The number of aliphatic hydroxyl groups is 1. The van der Waals surface area contributed by atoms with E-state index in [1.54, 1.807) is 11.8 Å². The lowest BCUT2D eigenvalue weighted by atomic mass is 9.86. The topological polar surface area (TPSA) is 49.3 Å². The number of rotatable bonds is 4. The fourth-order valence-corrected chi connectivity index (χ4v) is 3.46. The highest BCUT2D eigenvalue weighted by atomic mass is 32.2. The van der Waals surface area contributed by atoms with Crippen molar-refractivity contribution in [2.24, 2.45) is 0 Å². The quantitative estimate of drug-likeness (QED) is 0.830. The normalized spacial score (nSPS) is 18.0. The van der Waals surface area contributed by atoms with Crippen molar-refractivity contribution >= 4 is 23.4 Å². The summed E-state index contributed by atoms with van der Waals surface area (Å²) in [5.41, 5.74) is 0.326. The van der Waals surface area contributed by atoms with Crippen LogP contribution in [0.1, 0.15) is 39.0 Å². The number of hydrogen-bond donors (Lipinski definition) is 2. The predicted molar refractivity (Wildman–Crippen MR) is 79.5 cm³/mol. The average molecular weight is 279 g/mol. The van der Waals surface area contributed by atoms with E-state index in [-0.39, 0.29) is 5.91 Å². The zero-order chi connectivity index (χ0) is 13.7. The Balaban J connectivity index is 1.87. The van der Waals surface area contributed by atoms with Crippen LogP contribution in [0.5, 0.6) is 0 Å². The van der Waals surface area contributed by atoms with Crippen LogP contribution < -0.4 is 5.32 Å². The molecular formula is C15H21NO2S. The fourth-order valence-electron chi connectivity index (χ4n) is 2.41. The first kappa shape index (κ1) is 14.4. The van der Waals surface area contributed by atoms with E-state index in [9.17, 15) is 9.90 Å². The molecule has 1 fully saturated rings. The molecule has 1 aliphatic carbocycles. The van der Waals surface area contributed by atoms with Crippen molar-refractivity contribution in [3.8, 4) is 0 Å². The van der Waals surface area contributed by atoms with Crippen molar-refractivity contribution < 1.29 is 9.90 Å². The van der Waals surface area contributed by atoms with Gasteiger partial charge in [0.05, 0.1) is 5.60 Å². The monoisotopic (exact) mass is 279 g/mol. The standard InChI is InChI=1S/C15H21NO2S/c1-12(17)16-13-5-7-14(8-6-13)19-11-15(18)9-3-2-4-10-15/h5-8,18H,2-4,9-11H2,1H3,(H,16,17). The number of nitrogens with one attached hydrogen (secondary N) is 1. The molecule has 1 aromatic carbocycles. The lowest BCUT2D eigenvalue weighted by molar-refractivity contribution is -0.114. The Morgan fingerprint density at radius 2 is 1.89 bits per heavy atom. The zero-order valence-electron chi connectivity index (χ0n) is 11.3. The van der Waals surface area contributed by atoms with Gasteiger partial charge in [-0.05, 0) is 37.1 Å². The lowest BCUT2D eigenvalue weighted by Crippen LogP contribution is -2.33. The number of hydrogen-bond acceptors (Lipinski definition) is 3. The fraction of sp³-hybridized carbons (Fsp3) is 0.533. The van der Waals surface area contributed by atoms with Gasteiger partial charge < -0.3 is 10.4 Å². The second kappa shape index (κ2) is 6.44. The van der Waals surface area contributed by atoms with E-state index in [1.807, 2.05) is 24.3 Å². The van der Waals surface area contributed by atoms with Gasteiger partial charge in [-0.3, -0.25) is 4.79 Å². The third kappa shape index (κ3) is 4.55. The summed E-state index contributed by atoms with van der Waals surface area (Å²) < 4.78 is 0. The Morgan fingerprint density at radius 1 is 1.26 bits per heavy atom. The van der Waals surface area contributed by atoms with Crippen molar-refractivity contribution in [1.82, 2.24) is 0 Å². The van der Waals surface area contributed by atoms with Crippen LogP contribution in [0.2, 0.25) is 0 Å². The second-order valence-electron chi connectivity index (χ2n) is 5.28. The second-order valence-corrected chi connectivity index (χ2v) is 6.33. The first-order chi connectivity index (χ1) is 9.07. The molecule has 0 aliphatic heterocycles. The summed E-state index contributed by atoms with van der Waals surface area (Å²) in [5, 5.41) is 13.2. The number of anilines is 1. The molecule has 2 rings (SSSR count). The molecule has 0 radical (unpaired) electrons. The molecule has 19 heavy (non-hydrogen) atoms. The van der Waals surface area contributed by atoms with Crippen LogP contribution in [0.15, 0.2) is 29.2 Å². The molecule has 0 saturated heterocycles. The third-order valence-corrected chi connectivity index (χ3v) is 4.75. The Hall–Kier alpha value is -1.00. The van der Waals surface area contributed by atoms with E-state index in [0.717, 1.165) is 42.0 Å². The minimum absolute atomic E-state index is 0.0584. The number of thioether (sulfide) groups is 1. The zero-order valence-corrected chi connectivity index (χ0v) is 12.1. The molecule has 1 amide bonds. The van der Waals surface area contributed by atoms with Crippen molar-refractivity contribution in [2.75, 3.05) is 11.1 Å². The molecule has 1 aromatic rings. The van der Waals surface area contributed by atoms with E-state index in [4.69, 9.17) is 0 Å². The number of benzene rings is 1. The molecule has 1 aliphatic rings. The largest absolute Gasteiger partial charge is 0.389 e. The Morgan fingerprint density at radius 3 is 2.47 bits per heavy atom. The first-order valence-electron chi connectivity index (χ1n) is 6.80. The van der Waals surface area contributed by atoms with Gasteiger partial charge in [0, 0.05) is 23.3 Å². The molecular weight excluding hydrogens is 258 g/mol. The van der Waals surface area contributed by atoms with Crippen molar-refractivity contribution in [2.45, 2.75) is 49.5 Å². The summed E-state index contributed by atoms with van der Waals surface area (Å²) in [6.45, 7) is 1.50. The maximum Gasteiger partial charge on any atom is 0.221 e. The molecule has 0 bridgehead atoms. The SMILES string of the molecule is CC(=O)Nc1ccc(SCC2(O)CCCCC2)cc1. The lowest BCUT2D eigenvalue weighted by Gasteiger charge is -2.31. The van der Waals surface area contributed by atoms with Gasteiger partial charge in [0.25, 0.3) is 0 Å². The van der Waals surface area contributed by atoms with E-state index in [0.29, 0.717) is 0 Å². The van der Waals surface area contributed by atoms with Crippen molar-refractivity contribution in [3.05, 3.63) is 24.3 Å². The Kier molecular flexibility index (Phi) is 4.88. The van der Waals surface area contributed by atoms with Crippen molar-refractivity contribution in [1.29, 1.82) is 0 Å². The Bertz CT molecular complexity index is 424. The first-order valence-corrected chi connectivity index (χ1v) is 7.79. The van der Waals surface area contributed by atoms with E-state index in [1.165, 1.54) is 13.3 Å². The van der Waals surface area contributed by atoms with Gasteiger partial charge >= 0.3 is 0 Å². The minimum Gasteiger partial charge on any atom is -0.389 e. The highest BCUT2D eigenvalue weighted by molar-refractivity contribution is 7.99. The predicted octanol–water partition coefficient (Wildman–Crippen LogP) is 3.43. The molecule has 0 heterocycles. The Labute approximate surface area is 118 Å². The highest BCUT2D eigenvalue weighted by Crippen LogP contribution is 2.33. The summed E-state index contributed by atoms with van der Waals surface area (Å²) >= 11 is 1.69. The van der Waals surface area contributed by atoms with E-state index in [2.05, 4.69) is 5.32 Å². The summed E-state index contributed by atoms with van der Waals surface area (Å²) in [5.74, 6) is 0.698. The van der Waals surface area contributed by atoms with Gasteiger partial charge in [0.1, 0.15) is 0 Å². The van der Waals surface area contributed by atoms with Gasteiger partial charge in [-0.15, -0.1) is 11.8 Å². The molecule has 0 atom stereocenters. The van der Waals surface area contributed by atoms with Crippen LogP contribution in [-0.4, -0.2) is 22.4 Å². The van der Waals surface area contributed by atoms with Crippen LogP contribution in [-0.2, 0) is 4.79 Å². The molecule has 0 spiro atoms.